The van der Waals surface area contributed by atoms with Crippen LogP contribution in [0.2, 0.25) is 0 Å². The van der Waals surface area contributed by atoms with Gasteiger partial charge in [-0.1, -0.05) is 42.1 Å². The lowest BCUT2D eigenvalue weighted by molar-refractivity contribution is -0.139. The molecule has 1 aliphatic heterocycles. The van der Waals surface area contributed by atoms with Crippen molar-refractivity contribution in [1.29, 1.82) is 0 Å². The fourth-order valence-electron chi connectivity index (χ4n) is 3.69. The molecule has 0 aliphatic carbocycles. The lowest BCUT2D eigenvalue weighted by Gasteiger charge is -2.29. The van der Waals surface area contributed by atoms with Gasteiger partial charge in [-0.3, -0.25) is 4.57 Å². The van der Waals surface area contributed by atoms with Crippen molar-refractivity contribution in [2.75, 3.05) is 19.5 Å². The van der Waals surface area contributed by atoms with Crippen LogP contribution in [0.1, 0.15) is 24.1 Å². The number of carbonyl (C=O) groups excluding carboxylic acids is 2. The number of nitrogens with one attached hydrogen (secondary N) is 2. The van der Waals surface area contributed by atoms with Crippen molar-refractivity contribution in [3.05, 3.63) is 77.3 Å². The minimum atomic E-state index is -0.663. The van der Waals surface area contributed by atoms with Crippen LogP contribution in [-0.2, 0) is 9.53 Å². The number of para-hydroxylation sites is 1. The summed E-state index contributed by atoms with van der Waals surface area (Å²) in [6, 6.07) is 14.0. The molecule has 0 saturated carbocycles. The first-order chi connectivity index (χ1) is 16.5. The highest BCUT2D eigenvalue weighted by Crippen LogP contribution is 2.32. The molecular formula is C24H25N5O4S. The first-order valence-corrected chi connectivity index (χ1v) is 11.7. The number of nitrogens with zero attached hydrogens (tertiary/aromatic N) is 3. The quantitative estimate of drug-likeness (QED) is 0.376. The molecule has 4 rings (SSSR count). The van der Waals surface area contributed by atoms with E-state index in [0.29, 0.717) is 27.9 Å². The van der Waals surface area contributed by atoms with Crippen molar-refractivity contribution in [1.82, 2.24) is 25.4 Å². The Labute approximate surface area is 201 Å². The van der Waals surface area contributed by atoms with Crippen molar-refractivity contribution < 1.29 is 19.1 Å². The van der Waals surface area contributed by atoms with E-state index >= 15 is 0 Å². The zero-order chi connectivity index (χ0) is 24.1. The molecule has 0 fully saturated rings. The number of esters is 1. The molecular weight excluding hydrogens is 454 g/mol. The number of aromatic nitrogens is 3. The SMILES string of the molecule is CCOC(=O)C1=C(CSc2nncn2-c2ccccc2C)NC(=O)NC1c1ccc(OC)cc1. The van der Waals surface area contributed by atoms with E-state index in [1.54, 1.807) is 32.5 Å². The average molecular weight is 480 g/mol. The molecule has 0 bridgehead atoms. The molecule has 2 heterocycles. The number of methoxy groups -OCH3 is 1. The minimum absolute atomic E-state index is 0.216. The van der Waals surface area contributed by atoms with Gasteiger partial charge in [-0.05, 0) is 43.2 Å². The Bertz CT molecular complexity index is 1220. The minimum Gasteiger partial charge on any atom is -0.497 e. The molecule has 2 aromatic carbocycles. The molecule has 0 radical (unpaired) electrons. The van der Waals surface area contributed by atoms with Gasteiger partial charge in [-0.25, -0.2) is 9.59 Å². The third-order valence-electron chi connectivity index (χ3n) is 5.34. The standard InChI is InChI=1S/C24H25N5O4S/c1-4-33-22(30)20-18(26-23(31)27-21(20)16-9-11-17(32-3)12-10-16)13-34-24-28-25-14-29(24)19-8-6-5-7-15(19)2/h5-12,14,21H,4,13H2,1-3H3,(H2,26,27,31). The molecule has 9 nitrogen and oxygen atoms in total. The number of amides is 2. The Morgan fingerprint density at radius 2 is 1.94 bits per heavy atom. The Morgan fingerprint density at radius 3 is 2.65 bits per heavy atom. The van der Waals surface area contributed by atoms with Gasteiger partial charge in [0.2, 0.25) is 0 Å². The monoisotopic (exact) mass is 479 g/mol. The normalized spacial score (nSPS) is 15.5. The number of rotatable bonds is 8. The highest BCUT2D eigenvalue weighted by Gasteiger charge is 2.34. The first kappa shape index (κ1) is 23.4. The van der Waals surface area contributed by atoms with Crippen molar-refractivity contribution in [2.24, 2.45) is 0 Å². The van der Waals surface area contributed by atoms with Gasteiger partial charge in [-0.15, -0.1) is 10.2 Å². The number of hydrogen-bond donors (Lipinski definition) is 2. The lowest BCUT2D eigenvalue weighted by atomic mass is 9.95. The third kappa shape index (κ3) is 4.91. The molecule has 0 saturated heterocycles. The van der Waals surface area contributed by atoms with E-state index < -0.39 is 18.0 Å². The predicted molar refractivity (Wildman–Crippen MR) is 128 cm³/mol. The highest BCUT2D eigenvalue weighted by molar-refractivity contribution is 7.99. The van der Waals surface area contributed by atoms with E-state index in [2.05, 4.69) is 20.8 Å². The topological polar surface area (TPSA) is 107 Å². The van der Waals surface area contributed by atoms with Crippen LogP contribution in [0, 0.1) is 6.92 Å². The molecule has 3 aromatic rings. The number of ether oxygens (including phenoxy) is 2. The molecule has 34 heavy (non-hydrogen) atoms. The molecule has 1 aliphatic rings. The molecule has 0 spiro atoms. The lowest BCUT2D eigenvalue weighted by Crippen LogP contribution is -2.46. The molecule has 2 amide bonds. The van der Waals surface area contributed by atoms with E-state index in [-0.39, 0.29) is 6.61 Å². The summed E-state index contributed by atoms with van der Waals surface area (Å²) >= 11 is 1.37. The van der Waals surface area contributed by atoms with E-state index in [1.807, 2.05) is 47.9 Å². The number of hydrogen-bond acceptors (Lipinski definition) is 7. The van der Waals surface area contributed by atoms with Gasteiger partial charge in [0.25, 0.3) is 0 Å². The molecule has 10 heteroatoms. The summed E-state index contributed by atoms with van der Waals surface area (Å²) in [5.74, 6) is 0.475. The molecule has 2 N–H and O–H groups in total. The number of aryl methyl sites for hydroxylation is 1. The van der Waals surface area contributed by atoms with Gasteiger partial charge in [0.1, 0.15) is 12.1 Å². The predicted octanol–water partition coefficient (Wildman–Crippen LogP) is 3.55. The van der Waals surface area contributed by atoms with Crippen LogP contribution >= 0.6 is 11.8 Å². The smallest absolute Gasteiger partial charge is 0.338 e. The van der Waals surface area contributed by atoms with Crippen LogP contribution in [0.15, 0.2) is 71.3 Å². The van der Waals surface area contributed by atoms with Crippen LogP contribution in [0.3, 0.4) is 0 Å². The number of thioether (sulfide) groups is 1. The molecule has 1 aromatic heterocycles. The fraction of sp³-hybridized carbons (Fsp3) is 0.250. The Balaban J connectivity index is 1.67. The summed E-state index contributed by atoms with van der Waals surface area (Å²) in [6.45, 7) is 3.97. The van der Waals surface area contributed by atoms with Crippen molar-refractivity contribution in [3.63, 3.8) is 0 Å². The van der Waals surface area contributed by atoms with Crippen LogP contribution in [0.25, 0.3) is 5.69 Å². The number of urea groups is 1. The fourth-order valence-corrected chi connectivity index (χ4v) is 4.58. The van der Waals surface area contributed by atoms with Crippen LogP contribution < -0.4 is 15.4 Å². The summed E-state index contributed by atoms with van der Waals surface area (Å²) in [4.78, 5) is 25.5. The van der Waals surface area contributed by atoms with Crippen molar-refractivity contribution in [2.45, 2.75) is 25.0 Å². The Kier molecular flexibility index (Phi) is 7.17. The third-order valence-corrected chi connectivity index (χ3v) is 6.30. The van der Waals surface area contributed by atoms with Gasteiger partial charge in [-0.2, -0.15) is 0 Å². The van der Waals surface area contributed by atoms with Crippen LogP contribution in [-0.4, -0.2) is 46.2 Å². The first-order valence-electron chi connectivity index (χ1n) is 10.7. The Hall–Kier alpha value is -3.79. The largest absolute Gasteiger partial charge is 0.497 e. The summed E-state index contributed by atoms with van der Waals surface area (Å²) < 4.78 is 12.4. The van der Waals surface area contributed by atoms with Crippen LogP contribution in [0.5, 0.6) is 5.75 Å². The van der Waals surface area contributed by atoms with E-state index in [0.717, 1.165) is 16.8 Å². The van der Waals surface area contributed by atoms with Gasteiger partial charge >= 0.3 is 12.0 Å². The Morgan fingerprint density at radius 1 is 1.18 bits per heavy atom. The van der Waals surface area contributed by atoms with Gasteiger partial charge in [0.15, 0.2) is 5.16 Å². The number of carbonyl (C=O) groups is 2. The molecule has 1 atom stereocenters. The second kappa shape index (κ2) is 10.4. The summed E-state index contributed by atoms with van der Waals surface area (Å²) in [5.41, 5.74) is 3.59. The maximum Gasteiger partial charge on any atom is 0.338 e. The van der Waals surface area contributed by atoms with Gasteiger partial charge < -0.3 is 20.1 Å². The van der Waals surface area contributed by atoms with Gasteiger partial charge in [0, 0.05) is 11.4 Å². The zero-order valence-electron chi connectivity index (χ0n) is 19.1. The summed E-state index contributed by atoms with van der Waals surface area (Å²) in [7, 11) is 1.58. The van der Waals surface area contributed by atoms with Crippen LogP contribution in [0.4, 0.5) is 4.79 Å². The maximum atomic E-state index is 13.0. The van der Waals surface area contributed by atoms with Crippen molar-refractivity contribution in [3.8, 4) is 11.4 Å². The molecule has 1 unspecified atom stereocenters. The summed E-state index contributed by atoms with van der Waals surface area (Å²) in [5, 5.41) is 14.5. The molecule has 176 valence electrons. The highest BCUT2D eigenvalue weighted by atomic mass is 32.2. The van der Waals surface area contributed by atoms with E-state index in [4.69, 9.17) is 9.47 Å². The second-order valence-electron chi connectivity index (χ2n) is 7.48. The maximum absolute atomic E-state index is 13.0. The van der Waals surface area contributed by atoms with E-state index in [1.165, 1.54) is 11.8 Å². The number of benzene rings is 2. The van der Waals surface area contributed by atoms with Gasteiger partial charge in [0.05, 0.1) is 31.0 Å². The second-order valence-corrected chi connectivity index (χ2v) is 8.42. The zero-order valence-corrected chi connectivity index (χ0v) is 19.9. The summed E-state index contributed by atoms with van der Waals surface area (Å²) in [6.07, 6.45) is 1.65. The van der Waals surface area contributed by atoms with E-state index in [9.17, 15) is 9.59 Å². The average Bonchev–Trinajstić information content (AvgIpc) is 3.31. The van der Waals surface area contributed by atoms with Crippen molar-refractivity contribution >= 4 is 23.8 Å².